The highest BCUT2D eigenvalue weighted by Crippen LogP contribution is 2.52. The van der Waals surface area contributed by atoms with Crippen LogP contribution in [-0.2, 0) is 6.18 Å². The second-order valence-corrected chi connectivity index (χ2v) is 5.73. The highest BCUT2D eigenvalue weighted by molar-refractivity contribution is 5.90. The van der Waals surface area contributed by atoms with Crippen LogP contribution in [0, 0.1) is 0 Å². The fourth-order valence-corrected chi connectivity index (χ4v) is 3.33. The second-order valence-electron chi connectivity index (χ2n) is 5.73. The predicted octanol–water partition coefficient (Wildman–Crippen LogP) is 5.67. The fourth-order valence-electron chi connectivity index (χ4n) is 3.33. The first-order valence-electron chi connectivity index (χ1n) is 7.22. The Morgan fingerprint density at radius 1 is 0.864 bits per heavy atom. The van der Waals surface area contributed by atoms with Crippen LogP contribution < -0.4 is 0 Å². The molecular formula is C19H13F3. The van der Waals surface area contributed by atoms with Crippen LogP contribution >= 0.6 is 0 Å². The zero-order valence-corrected chi connectivity index (χ0v) is 11.7. The Balaban J connectivity index is 1.64. The Hall–Kier alpha value is -2.29. The number of hydrogen-bond acceptors (Lipinski definition) is 0. The maximum atomic E-state index is 12.6. The van der Waals surface area contributed by atoms with Gasteiger partial charge in [-0.1, -0.05) is 48.6 Å². The largest absolute Gasteiger partial charge is 0.416 e. The van der Waals surface area contributed by atoms with Crippen molar-refractivity contribution < 1.29 is 13.2 Å². The van der Waals surface area contributed by atoms with Crippen LogP contribution in [0.3, 0.4) is 0 Å². The molecule has 2 aliphatic carbocycles. The molecule has 110 valence electrons. The zero-order chi connectivity index (χ0) is 15.3. The molecule has 0 aliphatic heterocycles. The van der Waals surface area contributed by atoms with Gasteiger partial charge >= 0.3 is 6.18 Å². The molecule has 0 nitrogen and oxygen atoms in total. The molecule has 0 saturated carbocycles. The summed E-state index contributed by atoms with van der Waals surface area (Å²) in [6, 6.07) is 13.8. The van der Waals surface area contributed by atoms with Crippen molar-refractivity contribution in [3.63, 3.8) is 0 Å². The smallest absolute Gasteiger partial charge is 0.166 e. The Bertz CT molecular complexity index is 792. The summed E-state index contributed by atoms with van der Waals surface area (Å²) < 4.78 is 37.9. The minimum atomic E-state index is -4.28. The minimum absolute atomic E-state index is 0.387. The molecule has 1 unspecified atom stereocenters. The van der Waals surface area contributed by atoms with Gasteiger partial charge in [-0.2, -0.15) is 13.2 Å². The third-order valence-corrected chi connectivity index (χ3v) is 4.49. The van der Waals surface area contributed by atoms with E-state index in [0.717, 1.165) is 29.7 Å². The van der Waals surface area contributed by atoms with E-state index in [4.69, 9.17) is 0 Å². The van der Waals surface area contributed by atoms with E-state index in [0.29, 0.717) is 5.92 Å². The predicted molar refractivity (Wildman–Crippen MR) is 81.2 cm³/mol. The first-order chi connectivity index (χ1) is 10.5. The van der Waals surface area contributed by atoms with Crippen molar-refractivity contribution in [2.24, 2.45) is 0 Å². The summed E-state index contributed by atoms with van der Waals surface area (Å²) in [5.41, 5.74) is 5.34. The van der Waals surface area contributed by atoms with Crippen molar-refractivity contribution in [1.82, 2.24) is 0 Å². The van der Waals surface area contributed by atoms with Gasteiger partial charge in [-0.05, 0) is 46.4 Å². The summed E-state index contributed by atoms with van der Waals surface area (Å²) in [6.45, 7) is 0. The van der Waals surface area contributed by atoms with Gasteiger partial charge in [-0.3, -0.25) is 0 Å². The maximum Gasteiger partial charge on any atom is 0.416 e. The number of allylic oxidation sites excluding steroid dienone is 4. The summed E-state index contributed by atoms with van der Waals surface area (Å²) >= 11 is 0. The van der Waals surface area contributed by atoms with Gasteiger partial charge in [-0.15, -0.1) is 0 Å². The van der Waals surface area contributed by atoms with Gasteiger partial charge in [0.2, 0.25) is 0 Å². The van der Waals surface area contributed by atoms with Crippen LogP contribution in [0.2, 0.25) is 0 Å². The van der Waals surface area contributed by atoms with Crippen molar-refractivity contribution in [2.75, 3.05) is 0 Å². The molecule has 1 atom stereocenters. The molecule has 0 bridgehead atoms. The van der Waals surface area contributed by atoms with Crippen LogP contribution in [0.5, 0.6) is 0 Å². The normalized spacial score (nSPS) is 19.5. The topological polar surface area (TPSA) is 0 Å². The van der Waals surface area contributed by atoms with Gasteiger partial charge in [-0.25, -0.2) is 0 Å². The number of alkyl halides is 3. The summed E-state index contributed by atoms with van der Waals surface area (Å²) in [4.78, 5) is 0. The van der Waals surface area contributed by atoms with E-state index < -0.39 is 11.7 Å². The molecule has 0 fully saturated rings. The molecule has 4 rings (SSSR count). The van der Waals surface area contributed by atoms with E-state index in [1.165, 1.54) is 16.7 Å². The first kappa shape index (κ1) is 13.4. The number of hydrogen-bond donors (Lipinski definition) is 0. The molecule has 0 radical (unpaired) electrons. The fraction of sp³-hybridized carbons (Fsp3) is 0.158. The average Bonchev–Trinajstić information content (AvgIpc) is 2.51. The van der Waals surface area contributed by atoms with Crippen LogP contribution in [0.4, 0.5) is 13.2 Å². The third kappa shape index (κ3) is 2.00. The van der Waals surface area contributed by atoms with Crippen molar-refractivity contribution >= 4 is 11.1 Å². The highest BCUT2D eigenvalue weighted by Gasteiger charge is 2.34. The van der Waals surface area contributed by atoms with Gasteiger partial charge in [0.15, 0.2) is 0 Å². The summed E-state index contributed by atoms with van der Waals surface area (Å²) in [6.07, 6.45) is 0.710. The maximum absolute atomic E-state index is 12.6. The average molecular weight is 298 g/mol. The lowest BCUT2D eigenvalue weighted by molar-refractivity contribution is -0.137. The summed E-state index contributed by atoms with van der Waals surface area (Å²) in [7, 11) is 0. The van der Waals surface area contributed by atoms with Crippen LogP contribution in [-0.4, -0.2) is 0 Å². The molecule has 0 N–H and O–H groups in total. The molecule has 22 heavy (non-hydrogen) atoms. The van der Waals surface area contributed by atoms with Crippen LogP contribution in [0.15, 0.2) is 60.7 Å². The minimum Gasteiger partial charge on any atom is -0.166 e. The molecule has 0 aromatic heterocycles. The number of benzene rings is 2. The van der Waals surface area contributed by atoms with Crippen molar-refractivity contribution in [3.8, 4) is 0 Å². The van der Waals surface area contributed by atoms with Gasteiger partial charge in [0, 0.05) is 5.92 Å². The van der Waals surface area contributed by atoms with Gasteiger partial charge in [0.25, 0.3) is 0 Å². The van der Waals surface area contributed by atoms with E-state index in [-0.39, 0.29) is 0 Å². The first-order valence-corrected chi connectivity index (χ1v) is 7.22. The van der Waals surface area contributed by atoms with E-state index in [2.05, 4.69) is 18.2 Å². The molecule has 0 heterocycles. The van der Waals surface area contributed by atoms with Crippen molar-refractivity contribution in [2.45, 2.75) is 18.5 Å². The molecule has 0 spiro atoms. The lowest BCUT2D eigenvalue weighted by atomic mass is 9.67. The number of fused-ring (bicyclic) bond motifs is 4. The number of rotatable bonds is 1. The molecule has 0 amide bonds. The van der Waals surface area contributed by atoms with Gasteiger partial charge < -0.3 is 0 Å². The van der Waals surface area contributed by atoms with Crippen LogP contribution in [0.1, 0.15) is 34.6 Å². The monoisotopic (exact) mass is 298 g/mol. The molecule has 2 aliphatic rings. The summed E-state index contributed by atoms with van der Waals surface area (Å²) in [5.74, 6) is 0.387. The molecular weight excluding hydrogens is 285 g/mol. The Kier molecular flexibility index (Phi) is 2.80. The van der Waals surface area contributed by atoms with Gasteiger partial charge in [0.05, 0.1) is 5.56 Å². The molecule has 0 saturated heterocycles. The molecule has 2 aromatic carbocycles. The standard InChI is InChI=1S/C19H13F3/c20-19(21,22)14-8-5-12(6-9-14)13-7-10-17-15-3-1-2-4-16(15)18(17)11-13/h1-10,18H,11H2. The van der Waals surface area contributed by atoms with E-state index >= 15 is 0 Å². The summed E-state index contributed by atoms with van der Waals surface area (Å²) in [5, 5.41) is 0. The second kappa shape index (κ2) is 4.60. The van der Waals surface area contributed by atoms with E-state index in [9.17, 15) is 13.2 Å². The lowest BCUT2D eigenvalue weighted by Gasteiger charge is -2.36. The quantitative estimate of drug-likeness (QED) is 0.636. The third-order valence-electron chi connectivity index (χ3n) is 4.49. The van der Waals surface area contributed by atoms with E-state index in [1.807, 2.05) is 18.2 Å². The Labute approximate surface area is 126 Å². The van der Waals surface area contributed by atoms with Crippen molar-refractivity contribution in [1.29, 1.82) is 0 Å². The SMILES string of the molecule is FC(F)(F)c1ccc(C2=CC=C3c4ccccc4C3C2)cc1. The Morgan fingerprint density at radius 2 is 1.59 bits per heavy atom. The van der Waals surface area contributed by atoms with E-state index in [1.54, 1.807) is 12.1 Å². The molecule has 2 aromatic rings. The number of halogens is 3. The zero-order valence-electron chi connectivity index (χ0n) is 11.7. The lowest BCUT2D eigenvalue weighted by Crippen LogP contribution is -2.18. The Morgan fingerprint density at radius 3 is 2.32 bits per heavy atom. The van der Waals surface area contributed by atoms with Crippen LogP contribution in [0.25, 0.3) is 11.1 Å². The van der Waals surface area contributed by atoms with Crippen molar-refractivity contribution in [3.05, 3.63) is 82.9 Å². The highest BCUT2D eigenvalue weighted by atomic mass is 19.4. The molecule has 3 heteroatoms. The van der Waals surface area contributed by atoms with Gasteiger partial charge in [0.1, 0.15) is 0 Å².